The number of rotatable bonds is 3. The lowest BCUT2D eigenvalue weighted by atomic mass is 10.2. The van der Waals surface area contributed by atoms with Gasteiger partial charge in [-0.05, 0) is 20.8 Å². The zero-order valence-electron chi connectivity index (χ0n) is 11.5. The lowest BCUT2D eigenvalue weighted by molar-refractivity contribution is 0.0522. The van der Waals surface area contributed by atoms with Crippen LogP contribution < -0.4 is 5.32 Å². The maximum atomic E-state index is 11.5. The molecule has 2 aromatic rings. The molecule has 0 spiro atoms. The molecule has 0 aliphatic carbocycles. The van der Waals surface area contributed by atoms with Crippen molar-refractivity contribution in [2.45, 2.75) is 32.9 Å². The van der Waals surface area contributed by atoms with Gasteiger partial charge in [0.15, 0.2) is 0 Å². The first-order chi connectivity index (χ1) is 9.44. The summed E-state index contributed by atoms with van der Waals surface area (Å²) in [6.45, 7) is 5.59. The monoisotopic (exact) mass is 276 g/mol. The van der Waals surface area contributed by atoms with Crippen molar-refractivity contribution < 1.29 is 9.53 Å². The van der Waals surface area contributed by atoms with Crippen molar-refractivity contribution in [3.05, 3.63) is 24.4 Å². The molecule has 1 amide bonds. The molecule has 20 heavy (non-hydrogen) atoms. The van der Waals surface area contributed by atoms with Crippen LogP contribution in [-0.2, 0) is 11.3 Å². The zero-order chi connectivity index (χ0) is 14.6. The molecule has 2 N–H and O–H groups in total. The van der Waals surface area contributed by atoms with E-state index in [1.165, 1.54) is 0 Å². The van der Waals surface area contributed by atoms with Gasteiger partial charge >= 0.3 is 6.09 Å². The van der Waals surface area contributed by atoms with Gasteiger partial charge in [-0.1, -0.05) is 0 Å². The largest absolute Gasteiger partial charge is 0.444 e. The van der Waals surface area contributed by atoms with Crippen molar-refractivity contribution in [2.24, 2.45) is 0 Å². The van der Waals surface area contributed by atoms with Crippen LogP contribution in [0.4, 0.5) is 4.79 Å². The first-order valence-corrected chi connectivity index (χ1v) is 6.08. The molecule has 106 valence electrons. The fourth-order valence-corrected chi connectivity index (χ4v) is 1.37. The molecule has 2 aromatic heterocycles. The third-order valence-corrected chi connectivity index (χ3v) is 2.12. The molecule has 2 rings (SSSR count). The number of nitrogens with one attached hydrogen (secondary N) is 2. The van der Waals surface area contributed by atoms with Crippen LogP contribution in [0.3, 0.4) is 0 Å². The van der Waals surface area contributed by atoms with Crippen molar-refractivity contribution in [1.82, 2.24) is 30.5 Å². The fraction of sp³-hybridized carbons (Fsp3) is 0.417. The van der Waals surface area contributed by atoms with E-state index in [1.807, 2.05) is 0 Å². The fourth-order valence-electron chi connectivity index (χ4n) is 1.37. The minimum atomic E-state index is -0.531. The van der Waals surface area contributed by atoms with Gasteiger partial charge in [-0.15, -0.1) is 0 Å². The number of carbonyl (C=O) groups is 1. The lowest BCUT2D eigenvalue weighted by Gasteiger charge is -2.19. The second kappa shape index (κ2) is 5.64. The molecular formula is C12H16N6O2. The van der Waals surface area contributed by atoms with Crippen molar-refractivity contribution in [1.29, 1.82) is 0 Å². The van der Waals surface area contributed by atoms with Crippen molar-refractivity contribution in [3.63, 3.8) is 0 Å². The number of nitrogens with zero attached hydrogens (tertiary/aromatic N) is 4. The molecule has 0 unspecified atom stereocenters. The molecule has 0 aromatic carbocycles. The first kappa shape index (κ1) is 13.9. The Labute approximate surface area is 116 Å². The summed E-state index contributed by atoms with van der Waals surface area (Å²) in [6.07, 6.45) is 4.19. The smallest absolute Gasteiger partial charge is 0.408 e. The molecule has 8 heteroatoms. The van der Waals surface area contributed by atoms with Gasteiger partial charge in [-0.25, -0.2) is 14.8 Å². The van der Waals surface area contributed by atoms with E-state index in [2.05, 4.69) is 30.5 Å². The number of aromatic amines is 1. The van der Waals surface area contributed by atoms with E-state index < -0.39 is 11.7 Å². The maximum Gasteiger partial charge on any atom is 0.408 e. The average Bonchev–Trinajstić information content (AvgIpc) is 2.84. The summed E-state index contributed by atoms with van der Waals surface area (Å²) < 4.78 is 5.12. The summed E-state index contributed by atoms with van der Waals surface area (Å²) in [4.78, 5) is 23.7. The molecule has 0 aliphatic heterocycles. The number of alkyl carbamates (subject to hydrolysis) is 1. The van der Waals surface area contributed by atoms with Crippen molar-refractivity contribution in [3.8, 4) is 11.5 Å². The number of hydrogen-bond donors (Lipinski definition) is 2. The maximum absolute atomic E-state index is 11.5. The second-order valence-corrected chi connectivity index (χ2v) is 5.05. The highest BCUT2D eigenvalue weighted by Gasteiger charge is 2.16. The molecule has 0 radical (unpaired) electrons. The van der Waals surface area contributed by atoms with Crippen LogP contribution in [0.1, 0.15) is 26.6 Å². The summed E-state index contributed by atoms with van der Waals surface area (Å²) in [5.41, 5.74) is 0.0308. The number of aromatic nitrogens is 5. The van der Waals surface area contributed by atoms with Gasteiger partial charge < -0.3 is 10.1 Å². The van der Waals surface area contributed by atoms with Crippen LogP contribution >= 0.6 is 0 Å². The molecule has 0 atom stereocenters. The summed E-state index contributed by atoms with van der Waals surface area (Å²) in [5.74, 6) is 0.940. The Hall–Kier alpha value is -2.51. The highest BCUT2D eigenvalue weighted by Crippen LogP contribution is 2.09. The molecule has 0 aliphatic rings. The molecule has 0 fully saturated rings. The number of ether oxygens (including phenoxy) is 1. The molecule has 8 nitrogen and oxygen atoms in total. The minimum absolute atomic E-state index is 0.197. The Balaban J connectivity index is 1.92. The first-order valence-electron chi connectivity index (χ1n) is 6.08. The van der Waals surface area contributed by atoms with Crippen LogP contribution in [0.2, 0.25) is 0 Å². The second-order valence-electron chi connectivity index (χ2n) is 5.05. The highest BCUT2D eigenvalue weighted by atomic mass is 16.6. The normalized spacial score (nSPS) is 11.2. The van der Waals surface area contributed by atoms with E-state index in [4.69, 9.17) is 4.74 Å². The average molecular weight is 276 g/mol. The number of hydrogen-bond acceptors (Lipinski definition) is 6. The van der Waals surface area contributed by atoms with Crippen molar-refractivity contribution in [2.75, 3.05) is 0 Å². The van der Waals surface area contributed by atoms with Crippen LogP contribution in [0.5, 0.6) is 0 Å². The van der Waals surface area contributed by atoms with Gasteiger partial charge in [0, 0.05) is 12.4 Å². The summed E-state index contributed by atoms with van der Waals surface area (Å²) in [6, 6.07) is 0. The van der Waals surface area contributed by atoms with E-state index in [9.17, 15) is 4.79 Å². The Morgan fingerprint density at radius 1 is 1.40 bits per heavy atom. The van der Waals surface area contributed by atoms with E-state index in [1.54, 1.807) is 39.4 Å². The Morgan fingerprint density at radius 3 is 2.85 bits per heavy atom. The van der Waals surface area contributed by atoms with Gasteiger partial charge in [0.2, 0.25) is 5.82 Å². The van der Waals surface area contributed by atoms with Gasteiger partial charge in [0.1, 0.15) is 17.1 Å². The predicted octanol–water partition coefficient (Wildman–Crippen LogP) is 1.29. The molecule has 0 saturated heterocycles. The van der Waals surface area contributed by atoms with E-state index in [-0.39, 0.29) is 6.54 Å². The quantitative estimate of drug-likeness (QED) is 0.875. The molecule has 2 heterocycles. The van der Waals surface area contributed by atoms with Crippen LogP contribution in [-0.4, -0.2) is 36.8 Å². The van der Waals surface area contributed by atoms with Crippen LogP contribution in [0.25, 0.3) is 11.5 Å². The van der Waals surface area contributed by atoms with Gasteiger partial charge in [-0.3, -0.25) is 10.1 Å². The molecule has 0 bridgehead atoms. The predicted molar refractivity (Wildman–Crippen MR) is 70.5 cm³/mol. The van der Waals surface area contributed by atoms with Gasteiger partial charge in [0.05, 0.1) is 12.7 Å². The van der Waals surface area contributed by atoms with Crippen LogP contribution in [0, 0.1) is 0 Å². The number of amides is 1. The minimum Gasteiger partial charge on any atom is -0.444 e. The summed E-state index contributed by atoms with van der Waals surface area (Å²) in [5, 5.41) is 9.32. The molecule has 0 saturated carbocycles. The standard InChI is InChI=1S/C12H16N6O2/c1-12(2,3)20-11(19)15-7-9-16-10(18-17-9)8-6-13-4-5-14-8/h4-6H,7H2,1-3H3,(H,15,19)(H,16,17,18). The Morgan fingerprint density at radius 2 is 2.20 bits per heavy atom. The van der Waals surface area contributed by atoms with Crippen molar-refractivity contribution >= 4 is 6.09 Å². The summed E-state index contributed by atoms with van der Waals surface area (Å²) in [7, 11) is 0. The van der Waals surface area contributed by atoms with Gasteiger partial charge in [0.25, 0.3) is 0 Å². The molecular weight excluding hydrogens is 260 g/mol. The van der Waals surface area contributed by atoms with Gasteiger partial charge in [-0.2, -0.15) is 5.10 Å². The SMILES string of the molecule is CC(C)(C)OC(=O)NCc1nc(-c2cnccn2)n[nH]1. The Kier molecular flexibility index (Phi) is 3.92. The lowest BCUT2D eigenvalue weighted by Crippen LogP contribution is -2.32. The number of carbonyl (C=O) groups excluding carboxylic acids is 1. The van der Waals surface area contributed by atoms with E-state index >= 15 is 0 Å². The highest BCUT2D eigenvalue weighted by molar-refractivity contribution is 5.67. The van der Waals surface area contributed by atoms with Crippen LogP contribution in [0.15, 0.2) is 18.6 Å². The topological polar surface area (TPSA) is 106 Å². The van der Waals surface area contributed by atoms with E-state index in [0.717, 1.165) is 0 Å². The summed E-state index contributed by atoms with van der Waals surface area (Å²) >= 11 is 0. The Bertz CT molecular complexity index is 575. The third kappa shape index (κ3) is 4.01. The van der Waals surface area contributed by atoms with E-state index in [0.29, 0.717) is 17.3 Å². The third-order valence-electron chi connectivity index (χ3n) is 2.12. The number of H-pyrrole nitrogens is 1. The zero-order valence-corrected chi connectivity index (χ0v) is 11.5.